The Morgan fingerprint density at radius 1 is 1.11 bits per heavy atom. The number of rotatable bonds is 4. The van der Waals surface area contributed by atoms with Gasteiger partial charge in [0.2, 0.25) is 0 Å². The summed E-state index contributed by atoms with van der Waals surface area (Å²) in [4.78, 5) is 11.8. The van der Waals surface area contributed by atoms with Gasteiger partial charge in [-0.3, -0.25) is 4.79 Å². The van der Waals surface area contributed by atoms with Crippen molar-refractivity contribution in [1.29, 1.82) is 0 Å². The van der Waals surface area contributed by atoms with E-state index in [4.69, 9.17) is 5.73 Å². The third kappa shape index (κ3) is 2.16. The Morgan fingerprint density at radius 3 is 2.26 bits per heavy atom. The summed E-state index contributed by atoms with van der Waals surface area (Å²) < 4.78 is 0. The highest BCUT2D eigenvalue weighted by Crippen LogP contribution is 2.32. The van der Waals surface area contributed by atoms with E-state index in [1.54, 1.807) is 48.5 Å². The lowest BCUT2D eigenvalue weighted by Crippen LogP contribution is -2.42. The van der Waals surface area contributed by atoms with Crippen molar-refractivity contribution in [1.82, 2.24) is 0 Å². The quantitative estimate of drug-likeness (QED) is 0.876. The Labute approximate surface area is 112 Å². The first-order valence-corrected chi connectivity index (χ1v) is 5.90. The molecule has 19 heavy (non-hydrogen) atoms. The molecule has 0 heterocycles. The molecule has 0 bridgehead atoms. The molecule has 3 N–H and O–H groups in total. The van der Waals surface area contributed by atoms with Gasteiger partial charge in [0, 0.05) is 5.56 Å². The van der Waals surface area contributed by atoms with E-state index in [-0.39, 0.29) is 0 Å². The lowest BCUT2D eigenvalue weighted by atomic mass is 9.83. The zero-order valence-corrected chi connectivity index (χ0v) is 10.4. The van der Waals surface area contributed by atoms with Crippen LogP contribution in [0.3, 0.4) is 0 Å². The number of hydrogen-bond donors (Lipinski definition) is 2. The molecule has 2 aromatic rings. The Morgan fingerprint density at radius 2 is 1.68 bits per heavy atom. The SMILES string of the molecule is C=Cc1ccccc1C(O)(C(N)=O)c1ccccc1. The number of aliphatic hydroxyl groups is 1. The Kier molecular flexibility index (Phi) is 3.49. The van der Waals surface area contributed by atoms with E-state index in [9.17, 15) is 9.90 Å². The van der Waals surface area contributed by atoms with Gasteiger partial charge < -0.3 is 10.8 Å². The Balaban J connectivity index is 2.71. The molecule has 2 aromatic carbocycles. The predicted octanol–water partition coefficient (Wildman–Crippen LogP) is 2.05. The van der Waals surface area contributed by atoms with Crippen molar-refractivity contribution in [2.24, 2.45) is 5.73 Å². The average molecular weight is 253 g/mol. The van der Waals surface area contributed by atoms with Gasteiger partial charge in [0.05, 0.1) is 0 Å². The molecule has 0 saturated carbocycles. The monoisotopic (exact) mass is 253 g/mol. The summed E-state index contributed by atoms with van der Waals surface area (Å²) in [5, 5.41) is 10.8. The van der Waals surface area contributed by atoms with Crippen LogP contribution in [0.2, 0.25) is 0 Å². The molecule has 0 fully saturated rings. The molecule has 0 aliphatic rings. The summed E-state index contributed by atoms with van der Waals surface area (Å²) >= 11 is 0. The number of carbonyl (C=O) groups excluding carboxylic acids is 1. The number of amides is 1. The number of benzene rings is 2. The van der Waals surface area contributed by atoms with Crippen LogP contribution in [-0.2, 0) is 10.4 Å². The minimum atomic E-state index is -1.86. The van der Waals surface area contributed by atoms with E-state index in [1.165, 1.54) is 0 Å². The number of hydrogen-bond acceptors (Lipinski definition) is 2. The molecule has 0 aliphatic heterocycles. The minimum Gasteiger partial charge on any atom is -0.372 e. The Bertz CT molecular complexity index is 607. The summed E-state index contributed by atoms with van der Waals surface area (Å²) in [6, 6.07) is 15.7. The van der Waals surface area contributed by atoms with Gasteiger partial charge in [-0.05, 0) is 11.1 Å². The van der Waals surface area contributed by atoms with Gasteiger partial charge in [0.15, 0.2) is 5.60 Å². The fourth-order valence-corrected chi connectivity index (χ4v) is 2.11. The maximum Gasteiger partial charge on any atom is 0.258 e. The van der Waals surface area contributed by atoms with Crippen LogP contribution in [0.15, 0.2) is 61.2 Å². The minimum absolute atomic E-state index is 0.434. The van der Waals surface area contributed by atoms with Crippen molar-refractivity contribution in [2.75, 3.05) is 0 Å². The molecule has 0 aromatic heterocycles. The van der Waals surface area contributed by atoms with Crippen LogP contribution < -0.4 is 5.73 Å². The lowest BCUT2D eigenvalue weighted by molar-refractivity contribution is -0.133. The molecule has 3 nitrogen and oxygen atoms in total. The van der Waals surface area contributed by atoms with E-state index < -0.39 is 11.5 Å². The molecule has 0 radical (unpaired) electrons. The highest BCUT2D eigenvalue weighted by molar-refractivity contribution is 5.89. The second-order valence-corrected chi connectivity index (χ2v) is 4.23. The van der Waals surface area contributed by atoms with Crippen molar-refractivity contribution >= 4 is 12.0 Å². The third-order valence-electron chi connectivity index (χ3n) is 3.12. The van der Waals surface area contributed by atoms with Crippen molar-refractivity contribution in [2.45, 2.75) is 5.60 Å². The Hall–Kier alpha value is -2.39. The molecular weight excluding hydrogens is 238 g/mol. The van der Waals surface area contributed by atoms with Crippen LogP contribution in [0.4, 0.5) is 0 Å². The zero-order chi connectivity index (χ0) is 13.9. The molecule has 3 heteroatoms. The number of primary amides is 1. The van der Waals surface area contributed by atoms with Gasteiger partial charge in [-0.25, -0.2) is 0 Å². The van der Waals surface area contributed by atoms with Crippen LogP contribution in [0.1, 0.15) is 16.7 Å². The molecule has 2 rings (SSSR count). The van der Waals surface area contributed by atoms with Crippen molar-refractivity contribution in [3.8, 4) is 0 Å². The highest BCUT2D eigenvalue weighted by atomic mass is 16.3. The highest BCUT2D eigenvalue weighted by Gasteiger charge is 2.39. The summed E-state index contributed by atoms with van der Waals surface area (Å²) in [6.07, 6.45) is 1.59. The lowest BCUT2D eigenvalue weighted by Gasteiger charge is -2.27. The van der Waals surface area contributed by atoms with E-state index in [0.29, 0.717) is 16.7 Å². The second-order valence-electron chi connectivity index (χ2n) is 4.23. The topological polar surface area (TPSA) is 63.3 Å². The number of carbonyl (C=O) groups is 1. The maximum absolute atomic E-state index is 11.8. The molecule has 0 spiro atoms. The first-order chi connectivity index (χ1) is 9.10. The zero-order valence-electron chi connectivity index (χ0n) is 10.4. The third-order valence-corrected chi connectivity index (χ3v) is 3.12. The first kappa shape index (κ1) is 13.1. The van der Waals surface area contributed by atoms with Gasteiger partial charge in [0.25, 0.3) is 5.91 Å². The van der Waals surface area contributed by atoms with Crippen LogP contribution in [0.5, 0.6) is 0 Å². The van der Waals surface area contributed by atoms with Gasteiger partial charge in [-0.1, -0.05) is 67.3 Å². The summed E-state index contributed by atoms with van der Waals surface area (Å²) in [5.74, 6) is -0.812. The average Bonchev–Trinajstić information content (AvgIpc) is 2.47. The van der Waals surface area contributed by atoms with Gasteiger partial charge >= 0.3 is 0 Å². The van der Waals surface area contributed by atoms with Gasteiger partial charge in [-0.2, -0.15) is 0 Å². The molecule has 1 unspecified atom stereocenters. The maximum atomic E-state index is 11.8. The molecule has 1 amide bonds. The van der Waals surface area contributed by atoms with E-state index in [0.717, 1.165) is 0 Å². The van der Waals surface area contributed by atoms with Crippen molar-refractivity contribution < 1.29 is 9.90 Å². The fourth-order valence-electron chi connectivity index (χ4n) is 2.11. The van der Waals surface area contributed by atoms with Crippen LogP contribution in [-0.4, -0.2) is 11.0 Å². The van der Waals surface area contributed by atoms with Gasteiger partial charge in [0.1, 0.15) is 0 Å². The van der Waals surface area contributed by atoms with Crippen molar-refractivity contribution in [3.05, 3.63) is 77.9 Å². The van der Waals surface area contributed by atoms with E-state index >= 15 is 0 Å². The molecular formula is C16H15NO2. The molecule has 0 aliphatic carbocycles. The smallest absolute Gasteiger partial charge is 0.258 e. The van der Waals surface area contributed by atoms with Crippen molar-refractivity contribution in [3.63, 3.8) is 0 Å². The normalized spacial score (nSPS) is 13.5. The van der Waals surface area contributed by atoms with E-state index in [2.05, 4.69) is 6.58 Å². The largest absolute Gasteiger partial charge is 0.372 e. The molecule has 1 atom stereocenters. The van der Waals surface area contributed by atoms with E-state index in [1.807, 2.05) is 12.1 Å². The summed E-state index contributed by atoms with van der Waals surface area (Å²) in [5.41, 5.74) is 5.13. The first-order valence-electron chi connectivity index (χ1n) is 5.90. The predicted molar refractivity (Wildman–Crippen MR) is 75.2 cm³/mol. The summed E-state index contributed by atoms with van der Waals surface area (Å²) in [7, 11) is 0. The molecule has 0 saturated heterocycles. The summed E-state index contributed by atoms with van der Waals surface area (Å²) in [6.45, 7) is 3.69. The van der Waals surface area contributed by atoms with Crippen LogP contribution >= 0.6 is 0 Å². The fraction of sp³-hybridized carbons (Fsp3) is 0.0625. The van der Waals surface area contributed by atoms with Crippen LogP contribution in [0, 0.1) is 0 Å². The van der Waals surface area contributed by atoms with Crippen LogP contribution in [0.25, 0.3) is 6.08 Å². The van der Waals surface area contributed by atoms with Gasteiger partial charge in [-0.15, -0.1) is 0 Å². The number of nitrogens with two attached hydrogens (primary N) is 1. The second kappa shape index (κ2) is 5.08. The standard InChI is InChI=1S/C16H15NO2/c1-2-12-8-6-7-11-14(12)16(19,15(17)18)13-9-4-3-5-10-13/h2-11,19H,1H2,(H2,17,18). The molecule has 96 valence electrons.